The second-order valence-electron chi connectivity index (χ2n) is 9.88. The van der Waals surface area contributed by atoms with Crippen LogP contribution < -0.4 is 40.2 Å². The third-order valence-electron chi connectivity index (χ3n) is 6.19. The molecule has 0 fully saturated rings. The number of amides is 4. The van der Waals surface area contributed by atoms with Crippen LogP contribution in [-0.2, 0) is 9.53 Å². The molecule has 0 aliphatic heterocycles. The van der Waals surface area contributed by atoms with Gasteiger partial charge in [0.15, 0.2) is 5.60 Å². The summed E-state index contributed by atoms with van der Waals surface area (Å²) in [4.78, 5) is 63.5. The molecule has 0 spiro atoms. The van der Waals surface area contributed by atoms with E-state index in [-0.39, 0.29) is 23.0 Å². The number of ether oxygens (including phenoxy) is 5. The first-order valence-corrected chi connectivity index (χ1v) is 14.5. The van der Waals surface area contributed by atoms with Crippen LogP contribution in [0.2, 0.25) is 0 Å². The Morgan fingerprint density at radius 1 is 0.417 bits per heavy atom. The number of nitrogens with one attached hydrogen (secondary N) is 4. The highest BCUT2D eigenvalue weighted by Crippen LogP contribution is 2.15. The van der Waals surface area contributed by atoms with Crippen molar-refractivity contribution < 1.29 is 47.7 Å². The summed E-state index contributed by atoms with van der Waals surface area (Å²) in [6.07, 6.45) is -3.72. The molecule has 248 valence electrons. The van der Waals surface area contributed by atoms with E-state index in [0.29, 0.717) is 0 Å². The van der Waals surface area contributed by atoms with Gasteiger partial charge in [-0.2, -0.15) is 0 Å². The molecule has 0 saturated heterocycles. The normalized spacial score (nSPS) is 10.4. The first-order valence-electron chi connectivity index (χ1n) is 14.5. The standard InChI is InChI=1S/C34H32N4O10/c39-29(21-35-30(40)44-25-13-5-1-6-14-25)48-34(22-36-31(41)45-26-15-7-2-8-16-26,23-37-32(42)46-27-17-9-3-10-18-27)24-38-33(43)47-28-19-11-4-12-20-28/h1-20H,21-24H2,(H,35,40)(H,36,41)(H,37,42)(H,38,43). The minimum atomic E-state index is -1.87. The molecule has 0 saturated carbocycles. The lowest BCUT2D eigenvalue weighted by Crippen LogP contribution is -2.60. The zero-order valence-corrected chi connectivity index (χ0v) is 25.5. The van der Waals surface area contributed by atoms with Crippen LogP contribution >= 0.6 is 0 Å². The predicted octanol–water partition coefficient (Wildman–Crippen LogP) is 4.42. The van der Waals surface area contributed by atoms with Crippen molar-refractivity contribution in [1.82, 2.24) is 21.3 Å². The van der Waals surface area contributed by atoms with Crippen LogP contribution in [0, 0.1) is 0 Å². The first-order chi connectivity index (χ1) is 23.3. The minimum absolute atomic E-state index is 0.229. The van der Waals surface area contributed by atoms with Gasteiger partial charge in [-0.15, -0.1) is 0 Å². The van der Waals surface area contributed by atoms with Gasteiger partial charge in [-0.3, -0.25) is 4.79 Å². The second kappa shape index (κ2) is 17.8. The van der Waals surface area contributed by atoms with Gasteiger partial charge in [0.25, 0.3) is 0 Å². The lowest BCUT2D eigenvalue weighted by molar-refractivity contribution is -0.157. The minimum Gasteiger partial charge on any atom is -0.452 e. The smallest absolute Gasteiger partial charge is 0.413 e. The highest BCUT2D eigenvalue weighted by atomic mass is 16.6. The molecule has 0 atom stereocenters. The summed E-state index contributed by atoms with van der Waals surface area (Å²) in [5.41, 5.74) is -1.87. The van der Waals surface area contributed by atoms with Crippen LogP contribution in [-0.4, -0.2) is 62.1 Å². The Kier molecular flexibility index (Phi) is 12.7. The number of para-hydroxylation sites is 4. The third kappa shape index (κ3) is 12.1. The highest BCUT2D eigenvalue weighted by molar-refractivity contribution is 5.79. The fourth-order valence-electron chi connectivity index (χ4n) is 3.94. The monoisotopic (exact) mass is 656 g/mol. The van der Waals surface area contributed by atoms with Gasteiger partial charge < -0.3 is 45.0 Å². The fraction of sp³-hybridized carbons (Fsp3) is 0.147. The van der Waals surface area contributed by atoms with Crippen molar-refractivity contribution in [3.63, 3.8) is 0 Å². The van der Waals surface area contributed by atoms with Gasteiger partial charge >= 0.3 is 30.3 Å². The summed E-state index contributed by atoms with van der Waals surface area (Å²) in [6.45, 7) is -2.15. The van der Waals surface area contributed by atoms with Gasteiger partial charge in [-0.25, -0.2) is 19.2 Å². The van der Waals surface area contributed by atoms with E-state index in [1.54, 1.807) is 121 Å². The molecule has 0 heterocycles. The number of esters is 1. The number of hydrogen-bond donors (Lipinski definition) is 4. The van der Waals surface area contributed by atoms with Crippen LogP contribution in [0.3, 0.4) is 0 Å². The molecular weight excluding hydrogens is 624 g/mol. The Balaban J connectivity index is 1.49. The van der Waals surface area contributed by atoms with Gasteiger partial charge in [-0.05, 0) is 48.5 Å². The maximum Gasteiger partial charge on any atom is 0.413 e. The number of hydrogen-bond acceptors (Lipinski definition) is 10. The average molecular weight is 657 g/mol. The van der Waals surface area contributed by atoms with E-state index in [0.717, 1.165) is 0 Å². The summed E-state index contributed by atoms with van der Waals surface area (Å²) < 4.78 is 26.7. The Labute approximate surface area is 275 Å². The van der Waals surface area contributed by atoms with E-state index in [2.05, 4.69) is 21.3 Å². The molecule has 4 rings (SSSR count). The topological polar surface area (TPSA) is 180 Å². The summed E-state index contributed by atoms with van der Waals surface area (Å²) in [5.74, 6) is -0.0793. The van der Waals surface area contributed by atoms with Crippen LogP contribution in [0.1, 0.15) is 0 Å². The van der Waals surface area contributed by atoms with E-state index < -0.39 is 62.1 Å². The van der Waals surface area contributed by atoms with Crippen molar-refractivity contribution in [2.24, 2.45) is 0 Å². The molecule has 0 aliphatic rings. The lowest BCUT2D eigenvalue weighted by Gasteiger charge is -2.33. The molecule has 48 heavy (non-hydrogen) atoms. The molecule has 0 radical (unpaired) electrons. The van der Waals surface area contributed by atoms with E-state index in [4.69, 9.17) is 23.7 Å². The SMILES string of the molecule is O=C(CNC(=O)Oc1ccccc1)OC(CNC(=O)Oc1ccccc1)(CNC(=O)Oc1ccccc1)CNC(=O)Oc1ccccc1. The maximum absolute atomic E-state index is 13.1. The fourth-order valence-corrected chi connectivity index (χ4v) is 3.94. The molecule has 0 unspecified atom stereocenters. The van der Waals surface area contributed by atoms with Gasteiger partial charge in [0.05, 0.1) is 19.6 Å². The Bertz CT molecular complexity index is 1500. The molecular formula is C34H32N4O10. The summed E-state index contributed by atoms with van der Waals surface area (Å²) in [7, 11) is 0. The van der Waals surface area contributed by atoms with Crippen LogP contribution in [0.4, 0.5) is 19.2 Å². The van der Waals surface area contributed by atoms with Crippen LogP contribution in [0.15, 0.2) is 121 Å². The predicted molar refractivity (Wildman–Crippen MR) is 171 cm³/mol. The molecule has 14 nitrogen and oxygen atoms in total. The Morgan fingerprint density at radius 3 is 0.979 bits per heavy atom. The number of rotatable bonds is 13. The summed E-state index contributed by atoms with van der Waals surface area (Å²) >= 11 is 0. The van der Waals surface area contributed by atoms with Crippen molar-refractivity contribution in [2.45, 2.75) is 5.60 Å². The molecule has 4 aromatic rings. The highest BCUT2D eigenvalue weighted by Gasteiger charge is 2.37. The number of carbonyl (C=O) groups is 5. The zero-order valence-electron chi connectivity index (χ0n) is 25.5. The Morgan fingerprint density at radius 2 is 0.688 bits per heavy atom. The van der Waals surface area contributed by atoms with Gasteiger partial charge in [-0.1, -0.05) is 72.8 Å². The average Bonchev–Trinajstić information content (AvgIpc) is 3.10. The number of benzene rings is 4. The molecule has 0 bridgehead atoms. The first kappa shape index (κ1) is 34.3. The van der Waals surface area contributed by atoms with Crippen LogP contribution in [0.25, 0.3) is 0 Å². The maximum atomic E-state index is 13.1. The molecule has 0 aromatic heterocycles. The quantitative estimate of drug-likeness (QED) is 0.151. The van der Waals surface area contributed by atoms with E-state index in [1.807, 2.05) is 0 Å². The van der Waals surface area contributed by atoms with Crippen molar-refractivity contribution in [3.8, 4) is 23.0 Å². The van der Waals surface area contributed by atoms with Gasteiger partial charge in [0, 0.05) is 0 Å². The molecule has 4 amide bonds. The largest absolute Gasteiger partial charge is 0.452 e. The second-order valence-corrected chi connectivity index (χ2v) is 9.88. The molecule has 14 heteroatoms. The van der Waals surface area contributed by atoms with Crippen molar-refractivity contribution >= 4 is 30.3 Å². The summed E-state index contributed by atoms with van der Waals surface area (Å²) in [6, 6.07) is 32.6. The lowest BCUT2D eigenvalue weighted by atomic mass is 10.0. The van der Waals surface area contributed by atoms with Gasteiger partial charge in [0.2, 0.25) is 0 Å². The van der Waals surface area contributed by atoms with Crippen molar-refractivity contribution in [2.75, 3.05) is 26.2 Å². The molecule has 4 aromatic carbocycles. The van der Waals surface area contributed by atoms with E-state index >= 15 is 0 Å². The Hall–Kier alpha value is -6.57. The van der Waals surface area contributed by atoms with E-state index in [9.17, 15) is 24.0 Å². The van der Waals surface area contributed by atoms with Crippen molar-refractivity contribution in [1.29, 1.82) is 0 Å². The molecule has 0 aliphatic carbocycles. The summed E-state index contributed by atoms with van der Waals surface area (Å²) in [5, 5.41) is 9.74. The molecule has 4 N–H and O–H groups in total. The van der Waals surface area contributed by atoms with E-state index in [1.165, 1.54) is 0 Å². The van der Waals surface area contributed by atoms with Gasteiger partial charge in [0.1, 0.15) is 29.5 Å². The van der Waals surface area contributed by atoms with Crippen molar-refractivity contribution in [3.05, 3.63) is 121 Å². The zero-order chi connectivity index (χ0) is 34.0. The number of carbonyl (C=O) groups excluding carboxylic acids is 5. The third-order valence-corrected chi connectivity index (χ3v) is 6.19. The van der Waals surface area contributed by atoms with Crippen LogP contribution in [0.5, 0.6) is 23.0 Å².